The number of hydrogen-bond donors (Lipinski definition) is 0. The number of ketones is 1. The van der Waals surface area contributed by atoms with Gasteiger partial charge in [0.1, 0.15) is 11.6 Å². The zero-order valence-corrected chi connectivity index (χ0v) is 9.87. The van der Waals surface area contributed by atoms with E-state index < -0.39 is 11.7 Å². The van der Waals surface area contributed by atoms with E-state index in [-0.39, 0.29) is 17.5 Å². The zero-order chi connectivity index (χ0) is 13.3. The average molecular weight is 258 g/mol. The molecule has 1 aromatic heterocycles. The number of pyridine rings is 1. The fraction of sp³-hybridized carbons (Fsp3) is 0.500. The van der Waals surface area contributed by atoms with Crippen LogP contribution in [-0.2, 0) is 11.0 Å². The van der Waals surface area contributed by atoms with Gasteiger partial charge in [-0.05, 0) is 25.5 Å². The van der Waals surface area contributed by atoms with E-state index in [1.54, 1.807) is 0 Å². The number of alkyl halides is 3. The van der Waals surface area contributed by atoms with Gasteiger partial charge in [0.2, 0.25) is 0 Å². The van der Waals surface area contributed by atoms with E-state index in [2.05, 4.69) is 4.98 Å². The molecule has 18 heavy (non-hydrogen) atoms. The van der Waals surface area contributed by atoms with E-state index >= 15 is 0 Å². The van der Waals surface area contributed by atoms with Gasteiger partial charge in [-0.1, -0.05) is 0 Å². The van der Waals surface area contributed by atoms with Gasteiger partial charge in [0.15, 0.2) is 0 Å². The molecule has 0 unspecified atom stereocenters. The lowest BCUT2D eigenvalue weighted by atomic mass is 10.1. The summed E-state index contributed by atoms with van der Waals surface area (Å²) in [6.07, 6.45) is -2.49. The van der Waals surface area contributed by atoms with E-state index in [9.17, 15) is 18.0 Å². The highest BCUT2D eigenvalue weighted by molar-refractivity contribution is 5.79. The molecule has 1 fully saturated rings. The molecule has 98 valence electrons. The molecule has 0 N–H and O–H groups in total. The third-order valence-electron chi connectivity index (χ3n) is 3.15. The highest BCUT2D eigenvalue weighted by Crippen LogP contribution is 2.36. The van der Waals surface area contributed by atoms with Gasteiger partial charge in [-0.15, -0.1) is 0 Å². The third-order valence-corrected chi connectivity index (χ3v) is 3.15. The smallest absolute Gasteiger partial charge is 0.355 e. The summed E-state index contributed by atoms with van der Waals surface area (Å²) in [6, 6.07) is 2.29. The van der Waals surface area contributed by atoms with Gasteiger partial charge in [0, 0.05) is 25.2 Å². The second-order valence-corrected chi connectivity index (χ2v) is 4.41. The highest BCUT2D eigenvalue weighted by atomic mass is 19.4. The van der Waals surface area contributed by atoms with Crippen LogP contribution in [0, 0.1) is 5.92 Å². The Morgan fingerprint density at radius 2 is 2.22 bits per heavy atom. The molecule has 2 heterocycles. The molecule has 0 aliphatic carbocycles. The summed E-state index contributed by atoms with van der Waals surface area (Å²) >= 11 is 0. The monoisotopic (exact) mass is 258 g/mol. The molecule has 0 bridgehead atoms. The van der Waals surface area contributed by atoms with E-state index in [0.29, 0.717) is 19.5 Å². The van der Waals surface area contributed by atoms with Crippen molar-refractivity contribution >= 4 is 11.6 Å². The van der Waals surface area contributed by atoms with E-state index in [1.165, 1.54) is 24.1 Å². The Morgan fingerprint density at radius 1 is 1.50 bits per heavy atom. The molecule has 1 aromatic rings. The lowest BCUT2D eigenvalue weighted by Gasteiger charge is -2.21. The Bertz CT molecular complexity index is 459. The average Bonchev–Trinajstić information content (AvgIpc) is 2.77. The van der Waals surface area contributed by atoms with Crippen molar-refractivity contribution in [3.8, 4) is 0 Å². The number of rotatable bonds is 2. The van der Waals surface area contributed by atoms with Crippen LogP contribution in [0.2, 0.25) is 0 Å². The van der Waals surface area contributed by atoms with Crippen molar-refractivity contribution in [2.75, 3.05) is 18.0 Å². The fourth-order valence-electron chi connectivity index (χ4n) is 2.15. The maximum absolute atomic E-state index is 12.8. The van der Waals surface area contributed by atoms with Crippen molar-refractivity contribution in [2.45, 2.75) is 19.5 Å². The molecule has 0 amide bonds. The van der Waals surface area contributed by atoms with Gasteiger partial charge in [-0.2, -0.15) is 13.2 Å². The zero-order valence-electron chi connectivity index (χ0n) is 9.87. The van der Waals surface area contributed by atoms with Crippen molar-refractivity contribution in [3.05, 3.63) is 23.9 Å². The van der Waals surface area contributed by atoms with Crippen LogP contribution in [0.15, 0.2) is 18.3 Å². The van der Waals surface area contributed by atoms with Crippen LogP contribution >= 0.6 is 0 Å². The minimum Gasteiger partial charge on any atom is -0.355 e. The first kappa shape index (κ1) is 12.9. The second kappa shape index (κ2) is 4.59. The number of carbonyl (C=O) groups is 1. The summed E-state index contributed by atoms with van der Waals surface area (Å²) in [5, 5.41) is 0. The fourth-order valence-corrected chi connectivity index (χ4v) is 2.15. The van der Waals surface area contributed by atoms with Gasteiger partial charge in [0.25, 0.3) is 0 Å². The minimum absolute atomic E-state index is 0.0157. The topological polar surface area (TPSA) is 33.2 Å². The second-order valence-electron chi connectivity index (χ2n) is 4.41. The molecule has 0 aromatic carbocycles. The van der Waals surface area contributed by atoms with Crippen LogP contribution < -0.4 is 4.90 Å². The molecular formula is C12H13F3N2O. The SMILES string of the molecule is CC(=O)[C@@H]1CCN(c2ncccc2C(F)(F)F)C1. The Hall–Kier alpha value is -1.59. The van der Waals surface area contributed by atoms with Crippen molar-refractivity contribution in [3.63, 3.8) is 0 Å². The molecule has 2 rings (SSSR count). The first-order valence-electron chi connectivity index (χ1n) is 5.67. The Morgan fingerprint density at radius 3 is 2.78 bits per heavy atom. The van der Waals surface area contributed by atoms with Crippen LogP contribution in [0.4, 0.5) is 19.0 Å². The highest BCUT2D eigenvalue weighted by Gasteiger charge is 2.37. The van der Waals surface area contributed by atoms with Crippen molar-refractivity contribution in [2.24, 2.45) is 5.92 Å². The number of anilines is 1. The van der Waals surface area contributed by atoms with Crippen molar-refractivity contribution in [1.82, 2.24) is 4.98 Å². The lowest BCUT2D eigenvalue weighted by Crippen LogP contribution is -2.25. The Labute approximate surface area is 103 Å². The summed E-state index contributed by atoms with van der Waals surface area (Å²) in [5.74, 6) is -0.246. The molecule has 6 heteroatoms. The summed E-state index contributed by atoms with van der Waals surface area (Å²) in [4.78, 5) is 16.6. The molecule has 1 atom stereocenters. The van der Waals surface area contributed by atoms with Crippen LogP contribution in [0.5, 0.6) is 0 Å². The molecular weight excluding hydrogens is 245 g/mol. The van der Waals surface area contributed by atoms with Gasteiger partial charge < -0.3 is 4.90 Å². The molecule has 1 saturated heterocycles. The molecule has 1 aliphatic rings. The summed E-state index contributed by atoms with van der Waals surface area (Å²) < 4.78 is 38.5. The van der Waals surface area contributed by atoms with E-state index in [0.717, 1.165) is 6.07 Å². The number of hydrogen-bond acceptors (Lipinski definition) is 3. The lowest BCUT2D eigenvalue weighted by molar-refractivity contribution is -0.137. The number of carbonyl (C=O) groups excluding carboxylic acids is 1. The minimum atomic E-state index is -4.42. The Kier molecular flexibility index (Phi) is 3.28. The van der Waals surface area contributed by atoms with Crippen LogP contribution in [-0.4, -0.2) is 23.9 Å². The molecule has 0 saturated carbocycles. The number of aromatic nitrogens is 1. The summed E-state index contributed by atoms with van der Waals surface area (Å²) in [7, 11) is 0. The third kappa shape index (κ3) is 2.47. The van der Waals surface area contributed by atoms with Gasteiger partial charge >= 0.3 is 6.18 Å². The maximum atomic E-state index is 12.8. The largest absolute Gasteiger partial charge is 0.419 e. The first-order valence-corrected chi connectivity index (χ1v) is 5.67. The van der Waals surface area contributed by atoms with Crippen LogP contribution in [0.1, 0.15) is 18.9 Å². The molecule has 1 aliphatic heterocycles. The first-order chi connectivity index (χ1) is 8.39. The van der Waals surface area contributed by atoms with Crippen molar-refractivity contribution in [1.29, 1.82) is 0 Å². The van der Waals surface area contributed by atoms with Gasteiger partial charge in [0.05, 0.1) is 5.56 Å². The molecule has 0 spiro atoms. The normalized spacial score (nSPS) is 20.2. The molecule has 3 nitrogen and oxygen atoms in total. The van der Waals surface area contributed by atoms with Crippen LogP contribution in [0.25, 0.3) is 0 Å². The summed E-state index contributed by atoms with van der Waals surface area (Å²) in [5.41, 5.74) is -0.741. The summed E-state index contributed by atoms with van der Waals surface area (Å²) in [6.45, 7) is 2.22. The number of halogens is 3. The van der Waals surface area contributed by atoms with Crippen molar-refractivity contribution < 1.29 is 18.0 Å². The number of Topliss-reactive ketones (excluding diaryl/α,β-unsaturated/α-hetero) is 1. The van der Waals surface area contributed by atoms with E-state index in [4.69, 9.17) is 0 Å². The molecule has 0 radical (unpaired) electrons. The quantitative estimate of drug-likeness (QED) is 0.817. The Balaban J connectivity index is 2.27. The van der Waals surface area contributed by atoms with E-state index in [1.807, 2.05) is 0 Å². The van der Waals surface area contributed by atoms with Crippen LogP contribution in [0.3, 0.4) is 0 Å². The number of nitrogens with zero attached hydrogens (tertiary/aromatic N) is 2. The van der Waals surface area contributed by atoms with Gasteiger partial charge in [-0.25, -0.2) is 4.98 Å². The maximum Gasteiger partial charge on any atom is 0.419 e. The standard InChI is InChI=1S/C12H13F3N2O/c1-8(18)9-4-6-17(7-9)11-10(12(13,14)15)3-2-5-16-11/h2-3,5,9H,4,6-7H2,1H3/t9-/m1/s1. The van der Waals surface area contributed by atoms with Gasteiger partial charge in [-0.3, -0.25) is 4.79 Å². The predicted octanol–water partition coefficient (Wildman–Crippen LogP) is 2.52. The predicted molar refractivity (Wildman–Crippen MR) is 60.2 cm³/mol.